The van der Waals surface area contributed by atoms with Crippen molar-refractivity contribution >= 4 is 18.5 Å². The van der Waals surface area contributed by atoms with Gasteiger partial charge < -0.3 is 4.90 Å². The standard InChI is InChI=1S/C8H17NOS/c1-7(11)5-4-6-9(3)8(2)10/h7,11H,4-6H2,1-3H3. The molecule has 0 heterocycles. The maximum Gasteiger partial charge on any atom is 0.219 e. The lowest BCUT2D eigenvalue weighted by atomic mass is 10.2. The third kappa shape index (κ3) is 6.23. The van der Waals surface area contributed by atoms with Gasteiger partial charge in [0.15, 0.2) is 0 Å². The normalized spacial score (nSPS) is 12.7. The van der Waals surface area contributed by atoms with Crippen LogP contribution in [0.2, 0.25) is 0 Å². The van der Waals surface area contributed by atoms with E-state index in [0.29, 0.717) is 5.25 Å². The summed E-state index contributed by atoms with van der Waals surface area (Å²) in [5.74, 6) is 0.136. The van der Waals surface area contributed by atoms with Crippen molar-refractivity contribution in [1.82, 2.24) is 4.90 Å². The van der Waals surface area contributed by atoms with Gasteiger partial charge in [0.05, 0.1) is 0 Å². The van der Waals surface area contributed by atoms with E-state index in [-0.39, 0.29) is 5.91 Å². The molecule has 0 fully saturated rings. The molecule has 2 nitrogen and oxygen atoms in total. The fraction of sp³-hybridized carbons (Fsp3) is 0.875. The van der Waals surface area contributed by atoms with Gasteiger partial charge in [0.2, 0.25) is 5.91 Å². The molecule has 1 unspecified atom stereocenters. The van der Waals surface area contributed by atoms with E-state index in [4.69, 9.17) is 0 Å². The quantitative estimate of drug-likeness (QED) is 0.643. The van der Waals surface area contributed by atoms with E-state index in [0.717, 1.165) is 19.4 Å². The molecule has 0 aromatic carbocycles. The summed E-state index contributed by atoms with van der Waals surface area (Å²) >= 11 is 4.25. The van der Waals surface area contributed by atoms with Gasteiger partial charge in [-0.25, -0.2) is 0 Å². The number of hydrogen-bond acceptors (Lipinski definition) is 2. The first-order chi connectivity index (χ1) is 5.04. The van der Waals surface area contributed by atoms with Crippen LogP contribution in [0.15, 0.2) is 0 Å². The van der Waals surface area contributed by atoms with Crippen LogP contribution in [0.3, 0.4) is 0 Å². The van der Waals surface area contributed by atoms with E-state index in [1.54, 1.807) is 11.8 Å². The molecule has 0 aliphatic carbocycles. The first kappa shape index (κ1) is 10.8. The van der Waals surface area contributed by atoms with Gasteiger partial charge in [-0.05, 0) is 18.1 Å². The SMILES string of the molecule is CC(=O)N(C)CCCC(C)S. The van der Waals surface area contributed by atoms with Gasteiger partial charge in [-0.2, -0.15) is 12.6 Å². The number of thiol groups is 1. The fourth-order valence-corrected chi connectivity index (χ4v) is 0.964. The van der Waals surface area contributed by atoms with Crippen molar-refractivity contribution in [3.05, 3.63) is 0 Å². The Labute approximate surface area is 74.4 Å². The van der Waals surface area contributed by atoms with E-state index in [1.165, 1.54) is 0 Å². The van der Waals surface area contributed by atoms with Crippen LogP contribution in [-0.4, -0.2) is 29.6 Å². The molecule has 11 heavy (non-hydrogen) atoms. The Kier molecular flexibility index (Phi) is 5.38. The number of rotatable bonds is 4. The summed E-state index contributed by atoms with van der Waals surface area (Å²) in [4.78, 5) is 12.5. The maximum atomic E-state index is 10.7. The molecule has 1 amide bonds. The van der Waals surface area contributed by atoms with Crippen molar-refractivity contribution in [3.63, 3.8) is 0 Å². The van der Waals surface area contributed by atoms with Crippen LogP contribution in [0.5, 0.6) is 0 Å². The minimum Gasteiger partial charge on any atom is -0.346 e. The Morgan fingerprint density at radius 1 is 1.64 bits per heavy atom. The summed E-state index contributed by atoms with van der Waals surface area (Å²) in [5, 5.41) is 0.440. The van der Waals surface area contributed by atoms with Crippen molar-refractivity contribution in [2.75, 3.05) is 13.6 Å². The van der Waals surface area contributed by atoms with Crippen molar-refractivity contribution in [2.24, 2.45) is 0 Å². The van der Waals surface area contributed by atoms with Gasteiger partial charge in [0, 0.05) is 20.5 Å². The van der Waals surface area contributed by atoms with Gasteiger partial charge in [0.25, 0.3) is 0 Å². The van der Waals surface area contributed by atoms with Gasteiger partial charge in [-0.3, -0.25) is 4.79 Å². The maximum absolute atomic E-state index is 10.7. The molecule has 0 saturated carbocycles. The minimum absolute atomic E-state index is 0.136. The first-order valence-corrected chi connectivity index (χ1v) is 4.45. The molecule has 66 valence electrons. The van der Waals surface area contributed by atoms with Crippen molar-refractivity contribution in [3.8, 4) is 0 Å². The molecule has 1 atom stereocenters. The van der Waals surface area contributed by atoms with Gasteiger partial charge in [-0.15, -0.1) is 0 Å². The van der Waals surface area contributed by atoms with Crippen LogP contribution in [0.4, 0.5) is 0 Å². The van der Waals surface area contributed by atoms with Gasteiger partial charge >= 0.3 is 0 Å². The summed E-state index contributed by atoms with van der Waals surface area (Å²) in [7, 11) is 1.82. The predicted octanol–water partition coefficient (Wildman–Crippen LogP) is 1.56. The van der Waals surface area contributed by atoms with Gasteiger partial charge in [0.1, 0.15) is 0 Å². The van der Waals surface area contributed by atoms with Gasteiger partial charge in [-0.1, -0.05) is 6.92 Å². The molecule has 0 aromatic rings. The van der Waals surface area contributed by atoms with E-state index in [9.17, 15) is 4.79 Å². The predicted molar refractivity (Wildman–Crippen MR) is 51.0 cm³/mol. The molecule has 0 aromatic heterocycles. The second-order valence-electron chi connectivity index (χ2n) is 2.93. The van der Waals surface area contributed by atoms with Crippen molar-refractivity contribution < 1.29 is 4.79 Å². The number of amides is 1. The lowest BCUT2D eigenvalue weighted by Crippen LogP contribution is -2.25. The molecule has 0 saturated heterocycles. The lowest BCUT2D eigenvalue weighted by Gasteiger charge is -2.14. The Morgan fingerprint density at radius 3 is 2.55 bits per heavy atom. The average molecular weight is 175 g/mol. The Bertz CT molecular complexity index is 125. The molecule has 0 rings (SSSR count). The zero-order chi connectivity index (χ0) is 8.85. The average Bonchev–Trinajstić information content (AvgIpc) is 1.86. The topological polar surface area (TPSA) is 20.3 Å². The monoisotopic (exact) mass is 175 g/mol. The summed E-state index contributed by atoms with van der Waals surface area (Å²) in [5.41, 5.74) is 0. The zero-order valence-corrected chi connectivity index (χ0v) is 8.40. The van der Waals surface area contributed by atoms with E-state index in [2.05, 4.69) is 19.6 Å². The van der Waals surface area contributed by atoms with Crippen LogP contribution < -0.4 is 0 Å². The third-order valence-electron chi connectivity index (χ3n) is 1.65. The summed E-state index contributed by atoms with van der Waals surface area (Å²) in [6, 6.07) is 0. The van der Waals surface area contributed by atoms with Crippen LogP contribution in [-0.2, 0) is 4.79 Å². The highest BCUT2D eigenvalue weighted by Gasteiger charge is 2.01. The molecular formula is C8H17NOS. The summed E-state index contributed by atoms with van der Waals surface area (Å²) in [6.07, 6.45) is 2.11. The van der Waals surface area contributed by atoms with E-state index < -0.39 is 0 Å². The molecule has 0 bridgehead atoms. The second kappa shape index (κ2) is 5.47. The molecule has 0 radical (unpaired) electrons. The lowest BCUT2D eigenvalue weighted by molar-refractivity contribution is -0.127. The minimum atomic E-state index is 0.136. The van der Waals surface area contributed by atoms with Crippen molar-refractivity contribution in [2.45, 2.75) is 31.9 Å². The van der Waals surface area contributed by atoms with E-state index in [1.807, 2.05) is 7.05 Å². The molecule has 0 spiro atoms. The highest BCUT2D eigenvalue weighted by molar-refractivity contribution is 7.80. The third-order valence-corrected chi connectivity index (χ3v) is 1.91. The Balaban J connectivity index is 3.31. The highest BCUT2D eigenvalue weighted by atomic mass is 32.1. The molecule has 3 heteroatoms. The summed E-state index contributed by atoms with van der Waals surface area (Å²) < 4.78 is 0. The van der Waals surface area contributed by atoms with Crippen LogP contribution >= 0.6 is 12.6 Å². The number of carbonyl (C=O) groups is 1. The smallest absolute Gasteiger partial charge is 0.219 e. The molecule has 0 aliphatic rings. The number of hydrogen-bond donors (Lipinski definition) is 1. The zero-order valence-electron chi connectivity index (χ0n) is 7.50. The first-order valence-electron chi connectivity index (χ1n) is 3.93. The van der Waals surface area contributed by atoms with E-state index >= 15 is 0 Å². The summed E-state index contributed by atoms with van der Waals surface area (Å²) in [6.45, 7) is 4.50. The van der Waals surface area contributed by atoms with Crippen LogP contribution in [0.25, 0.3) is 0 Å². The molecule has 0 aliphatic heterocycles. The number of carbonyl (C=O) groups excluding carboxylic acids is 1. The molecular weight excluding hydrogens is 158 g/mol. The molecule has 0 N–H and O–H groups in total. The van der Waals surface area contributed by atoms with Crippen LogP contribution in [0, 0.1) is 0 Å². The highest BCUT2D eigenvalue weighted by Crippen LogP contribution is 2.03. The second-order valence-corrected chi connectivity index (χ2v) is 3.81. The number of nitrogens with zero attached hydrogens (tertiary/aromatic N) is 1. The fourth-order valence-electron chi connectivity index (χ4n) is 0.781. The Hall–Kier alpha value is -0.180. The Morgan fingerprint density at radius 2 is 2.18 bits per heavy atom. The van der Waals surface area contributed by atoms with Crippen molar-refractivity contribution in [1.29, 1.82) is 0 Å². The largest absolute Gasteiger partial charge is 0.346 e. The van der Waals surface area contributed by atoms with Crippen LogP contribution in [0.1, 0.15) is 26.7 Å².